The molecule has 0 bridgehead atoms. The van der Waals surface area contributed by atoms with Crippen molar-refractivity contribution in [1.82, 2.24) is 10.3 Å². The first-order valence-corrected chi connectivity index (χ1v) is 5.26. The SMILES string of the molecule is O=C(NCc1ccccc1)c1c[nH]ccc1=O. The molecule has 2 aromatic rings. The van der Waals surface area contributed by atoms with Gasteiger partial charge in [-0.1, -0.05) is 30.3 Å². The molecule has 17 heavy (non-hydrogen) atoms. The molecule has 2 rings (SSSR count). The van der Waals surface area contributed by atoms with Crippen LogP contribution >= 0.6 is 0 Å². The predicted molar refractivity (Wildman–Crippen MR) is 64.7 cm³/mol. The van der Waals surface area contributed by atoms with E-state index in [1.807, 2.05) is 30.3 Å². The summed E-state index contributed by atoms with van der Waals surface area (Å²) in [6, 6.07) is 10.9. The minimum absolute atomic E-state index is 0.128. The third kappa shape index (κ3) is 2.81. The average molecular weight is 228 g/mol. The number of H-pyrrole nitrogens is 1. The van der Waals surface area contributed by atoms with Crippen molar-refractivity contribution >= 4 is 5.91 Å². The molecule has 86 valence electrons. The van der Waals surface area contributed by atoms with Crippen LogP contribution in [0.1, 0.15) is 15.9 Å². The van der Waals surface area contributed by atoms with Crippen LogP contribution in [0.4, 0.5) is 0 Å². The molecule has 0 aliphatic carbocycles. The lowest BCUT2D eigenvalue weighted by Gasteiger charge is -2.04. The van der Waals surface area contributed by atoms with Gasteiger partial charge in [-0.2, -0.15) is 0 Å². The zero-order valence-electron chi connectivity index (χ0n) is 9.14. The number of hydrogen-bond donors (Lipinski definition) is 2. The lowest BCUT2D eigenvalue weighted by atomic mass is 10.2. The van der Waals surface area contributed by atoms with Gasteiger partial charge in [0.1, 0.15) is 5.56 Å². The second-order valence-corrected chi connectivity index (χ2v) is 3.59. The van der Waals surface area contributed by atoms with Gasteiger partial charge in [-0.15, -0.1) is 0 Å². The number of carbonyl (C=O) groups excluding carboxylic acids is 1. The van der Waals surface area contributed by atoms with Crippen LogP contribution in [0.25, 0.3) is 0 Å². The Kier molecular flexibility index (Phi) is 3.35. The fraction of sp³-hybridized carbons (Fsp3) is 0.0769. The number of nitrogens with one attached hydrogen (secondary N) is 2. The van der Waals surface area contributed by atoms with Crippen LogP contribution in [0.3, 0.4) is 0 Å². The van der Waals surface area contributed by atoms with E-state index in [1.165, 1.54) is 18.5 Å². The number of aromatic nitrogens is 1. The Morgan fingerprint density at radius 3 is 2.65 bits per heavy atom. The Labute approximate surface area is 98.3 Å². The van der Waals surface area contributed by atoms with Crippen molar-refractivity contribution < 1.29 is 4.79 Å². The zero-order chi connectivity index (χ0) is 12.1. The lowest BCUT2D eigenvalue weighted by Crippen LogP contribution is -2.27. The first-order chi connectivity index (χ1) is 8.27. The zero-order valence-corrected chi connectivity index (χ0v) is 9.14. The van der Waals surface area contributed by atoms with Crippen molar-refractivity contribution in [2.75, 3.05) is 0 Å². The maximum absolute atomic E-state index is 11.7. The van der Waals surface area contributed by atoms with E-state index in [9.17, 15) is 9.59 Å². The summed E-state index contributed by atoms with van der Waals surface area (Å²) >= 11 is 0. The van der Waals surface area contributed by atoms with Gasteiger partial charge < -0.3 is 10.3 Å². The summed E-state index contributed by atoms with van der Waals surface area (Å²) < 4.78 is 0. The first-order valence-electron chi connectivity index (χ1n) is 5.26. The quantitative estimate of drug-likeness (QED) is 0.831. The van der Waals surface area contributed by atoms with Crippen LogP contribution in [0.2, 0.25) is 0 Å². The number of amides is 1. The summed E-state index contributed by atoms with van der Waals surface area (Å²) in [6.45, 7) is 0.411. The molecule has 0 aliphatic heterocycles. The topological polar surface area (TPSA) is 62.0 Å². The van der Waals surface area contributed by atoms with Crippen molar-refractivity contribution in [3.05, 3.63) is 70.1 Å². The third-order valence-electron chi connectivity index (χ3n) is 2.36. The highest BCUT2D eigenvalue weighted by atomic mass is 16.2. The van der Waals surface area contributed by atoms with Crippen LogP contribution < -0.4 is 10.7 Å². The highest BCUT2D eigenvalue weighted by molar-refractivity contribution is 5.93. The molecule has 4 heteroatoms. The molecule has 0 radical (unpaired) electrons. The number of pyridine rings is 1. The Balaban J connectivity index is 2.04. The van der Waals surface area contributed by atoms with Crippen LogP contribution in [0.15, 0.2) is 53.6 Å². The van der Waals surface area contributed by atoms with Crippen LogP contribution in [-0.2, 0) is 6.54 Å². The molecule has 1 heterocycles. The maximum Gasteiger partial charge on any atom is 0.257 e. The van der Waals surface area contributed by atoms with E-state index in [1.54, 1.807) is 0 Å². The third-order valence-corrected chi connectivity index (χ3v) is 2.36. The fourth-order valence-corrected chi connectivity index (χ4v) is 1.47. The molecule has 0 aliphatic rings. The van der Waals surface area contributed by atoms with Gasteiger partial charge >= 0.3 is 0 Å². The fourth-order valence-electron chi connectivity index (χ4n) is 1.47. The molecular formula is C13H12N2O2. The van der Waals surface area contributed by atoms with Crippen molar-refractivity contribution in [1.29, 1.82) is 0 Å². The summed E-state index contributed by atoms with van der Waals surface area (Å²) in [4.78, 5) is 25.8. The van der Waals surface area contributed by atoms with Gasteiger partial charge in [0.2, 0.25) is 0 Å². The summed E-state index contributed by atoms with van der Waals surface area (Å²) in [5.74, 6) is -0.365. The number of hydrogen-bond acceptors (Lipinski definition) is 2. The molecule has 0 fully saturated rings. The van der Waals surface area contributed by atoms with Crippen molar-refractivity contribution in [2.45, 2.75) is 6.54 Å². The van der Waals surface area contributed by atoms with E-state index in [0.717, 1.165) is 5.56 Å². The van der Waals surface area contributed by atoms with Gasteiger partial charge in [0, 0.05) is 25.0 Å². The smallest absolute Gasteiger partial charge is 0.257 e. The second kappa shape index (κ2) is 5.12. The van der Waals surface area contributed by atoms with Gasteiger partial charge in [-0.25, -0.2) is 0 Å². The number of benzene rings is 1. The molecule has 1 aromatic carbocycles. The van der Waals surface area contributed by atoms with Crippen molar-refractivity contribution in [2.24, 2.45) is 0 Å². The normalized spacial score (nSPS) is 9.88. The van der Waals surface area contributed by atoms with E-state index in [4.69, 9.17) is 0 Å². The van der Waals surface area contributed by atoms with Crippen LogP contribution in [0, 0.1) is 0 Å². The summed E-state index contributed by atoms with van der Waals surface area (Å²) in [7, 11) is 0. The van der Waals surface area contributed by atoms with E-state index in [0.29, 0.717) is 6.54 Å². The van der Waals surface area contributed by atoms with Gasteiger partial charge in [-0.3, -0.25) is 9.59 Å². The van der Waals surface area contributed by atoms with Crippen molar-refractivity contribution in [3.8, 4) is 0 Å². The Hall–Kier alpha value is -2.36. The molecule has 0 unspecified atom stereocenters. The van der Waals surface area contributed by atoms with Crippen molar-refractivity contribution in [3.63, 3.8) is 0 Å². The van der Waals surface area contributed by atoms with E-state index in [2.05, 4.69) is 10.3 Å². The molecule has 0 spiro atoms. The maximum atomic E-state index is 11.7. The Bertz CT molecular complexity index is 561. The molecule has 1 amide bonds. The first kappa shape index (κ1) is 11.1. The minimum atomic E-state index is -0.365. The largest absolute Gasteiger partial charge is 0.367 e. The molecule has 2 N–H and O–H groups in total. The van der Waals surface area contributed by atoms with Gasteiger partial charge in [-0.05, 0) is 5.56 Å². The minimum Gasteiger partial charge on any atom is -0.367 e. The van der Waals surface area contributed by atoms with Crippen LogP contribution in [-0.4, -0.2) is 10.9 Å². The molecule has 0 saturated carbocycles. The summed E-state index contributed by atoms with van der Waals surface area (Å²) in [6.07, 6.45) is 2.90. The van der Waals surface area contributed by atoms with E-state index < -0.39 is 0 Å². The average Bonchev–Trinajstić information content (AvgIpc) is 2.38. The predicted octanol–water partition coefficient (Wildman–Crippen LogP) is 1.30. The number of aromatic amines is 1. The Morgan fingerprint density at radius 1 is 1.18 bits per heavy atom. The molecule has 4 nitrogen and oxygen atoms in total. The van der Waals surface area contributed by atoms with Gasteiger partial charge in [0.15, 0.2) is 5.43 Å². The van der Waals surface area contributed by atoms with Gasteiger partial charge in [0.05, 0.1) is 0 Å². The van der Waals surface area contributed by atoms with E-state index in [-0.39, 0.29) is 16.9 Å². The Morgan fingerprint density at radius 2 is 1.94 bits per heavy atom. The van der Waals surface area contributed by atoms with Crippen LogP contribution in [0.5, 0.6) is 0 Å². The summed E-state index contributed by atoms with van der Waals surface area (Å²) in [5.41, 5.74) is 0.839. The lowest BCUT2D eigenvalue weighted by molar-refractivity contribution is 0.0949. The standard InChI is InChI=1S/C13H12N2O2/c16-12-6-7-14-9-11(12)13(17)15-8-10-4-2-1-3-5-10/h1-7,9H,8H2,(H,14,16)(H,15,17). The van der Waals surface area contributed by atoms with E-state index >= 15 is 0 Å². The highest BCUT2D eigenvalue weighted by Crippen LogP contribution is 1.98. The second-order valence-electron chi connectivity index (χ2n) is 3.59. The molecule has 0 atom stereocenters. The van der Waals surface area contributed by atoms with Gasteiger partial charge in [0.25, 0.3) is 5.91 Å². The number of carbonyl (C=O) groups is 1. The molecule has 1 aromatic heterocycles. The molecule has 0 saturated heterocycles. The summed E-state index contributed by atoms with van der Waals surface area (Å²) in [5, 5.41) is 2.70. The number of rotatable bonds is 3. The molecular weight excluding hydrogens is 216 g/mol. The highest BCUT2D eigenvalue weighted by Gasteiger charge is 2.08. The monoisotopic (exact) mass is 228 g/mol.